The van der Waals surface area contributed by atoms with Crippen LogP contribution in [0.25, 0.3) is 0 Å². The van der Waals surface area contributed by atoms with Crippen LogP contribution in [0, 0.1) is 0 Å². The zero-order chi connectivity index (χ0) is 14.1. The molecule has 4 nitrogen and oxygen atoms in total. The first kappa shape index (κ1) is 13.0. The zero-order valence-electron chi connectivity index (χ0n) is 12.2. The van der Waals surface area contributed by atoms with Crippen LogP contribution in [0.4, 0.5) is 11.5 Å². The number of rotatable bonds is 3. The van der Waals surface area contributed by atoms with Crippen molar-refractivity contribution in [2.45, 2.75) is 25.7 Å². The van der Waals surface area contributed by atoms with E-state index in [1.54, 1.807) is 0 Å². The summed E-state index contributed by atoms with van der Waals surface area (Å²) < 4.78 is 1.93. The molecular weight excluding hydrogens is 248 g/mol. The predicted molar refractivity (Wildman–Crippen MR) is 83.0 cm³/mol. The molecule has 0 aliphatic carbocycles. The van der Waals surface area contributed by atoms with E-state index in [1.807, 2.05) is 11.7 Å². The second-order valence-electron chi connectivity index (χ2n) is 5.50. The third-order valence-corrected chi connectivity index (χ3v) is 4.22. The fourth-order valence-electron chi connectivity index (χ4n) is 3.17. The third kappa shape index (κ3) is 2.15. The molecule has 106 valence electrons. The molecule has 20 heavy (non-hydrogen) atoms. The molecule has 2 N–H and O–H groups in total. The molecule has 1 unspecified atom stereocenters. The minimum Gasteiger partial charge on any atom is -0.394 e. The van der Waals surface area contributed by atoms with E-state index in [0.717, 1.165) is 36.7 Å². The van der Waals surface area contributed by atoms with Gasteiger partial charge in [-0.15, -0.1) is 0 Å². The Balaban J connectivity index is 1.83. The number of nitrogen functional groups attached to an aromatic ring is 1. The molecule has 0 bridgehead atoms. The van der Waals surface area contributed by atoms with E-state index in [1.165, 1.54) is 12.0 Å². The van der Waals surface area contributed by atoms with Gasteiger partial charge in [-0.25, -0.2) is 0 Å². The average molecular weight is 270 g/mol. The lowest BCUT2D eigenvalue weighted by molar-refractivity contribution is 0.720. The van der Waals surface area contributed by atoms with Gasteiger partial charge in [0.25, 0.3) is 0 Å². The molecule has 0 saturated carbocycles. The van der Waals surface area contributed by atoms with Crippen LogP contribution in [-0.4, -0.2) is 22.9 Å². The summed E-state index contributed by atoms with van der Waals surface area (Å²) in [5, 5.41) is 4.52. The Morgan fingerprint density at radius 3 is 2.70 bits per heavy atom. The predicted octanol–water partition coefficient (Wildman–Crippen LogP) is 2.56. The highest BCUT2D eigenvalue weighted by atomic mass is 15.4. The Labute approximate surface area is 120 Å². The molecule has 0 spiro atoms. The number of hydrogen-bond acceptors (Lipinski definition) is 3. The van der Waals surface area contributed by atoms with Gasteiger partial charge in [0.1, 0.15) is 5.82 Å². The number of anilines is 2. The van der Waals surface area contributed by atoms with Gasteiger partial charge in [0.15, 0.2) is 0 Å². The van der Waals surface area contributed by atoms with Crippen LogP contribution in [0.15, 0.2) is 30.3 Å². The molecular formula is C16H22N4. The van der Waals surface area contributed by atoms with Gasteiger partial charge in [-0.2, -0.15) is 5.10 Å². The maximum Gasteiger partial charge on any atom is 0.150 e. The lowest BCUT2D eigenvalue weighted by Crippen LogP contribution is -2.23. The standard InChI is InChI=1S/C16H22N4/c1-3-14-15(17)16(19(2)18-14)20-10-9-13(11-20)12-7-5-4-6-8-12/h4-8,13H,3,9-11,17H2,1-2H3. The molecule has 1 atom stereocenters. The number of nitrogens with two attached hydrogens (primary N) is 1. The molecule has 4 heteroatoms. The summed E-state index contributed by atoms with van der Waals surface area (Å²) >= 11 is 0. The number of aryl methyl sites for hydroxylation is 2. The highest BCUT2D eigenvalue weighted by molar-refractivity contribution is 5.67. The van der Waals surface area contributed by atoms with E-state index in [2.05, 4.69) is 47.3 Å². The van der Waals surface area contributed by atoms with Gasteiger partial charge in [-0.1, -0.05) is 37.3 Å². The molecule has 1 aromatic heterocycles. The molecule has 0 radical (unpaired) electrons. The smallest absolute Gasteiger partial charge is 0.150 e. The molecule has 1 saturated heterocycles. The van der Waals surface area contributed by atoms with Gasteiger partial charge in [0, 0.05) is 26.1 Å². The van der Waals surface area contributed by atoms with Crippen LogP contribution < -0.4 is 10.6 Å². The fraction of sp³-hybridized carbons (Fsp3) is 0.438. The fourth-order valence-corrected chi connectivity index (χ4v) is 3.17. The average Bonchev–Trinajstić information content (AvgIpc) is 3.04. The van der Waals surface area contributed by atoms with Crippen molar-refractivity contribution in [3.63, 3.8) is 0 Å². The first-order valence-electron chi connectivity index (χ1n) is 7.32. The zero-order valence-corrected chi connectivity index (χ0v) is 12.2. The molecule has 2 heterocycles. The summed E-state index contributed by atoms with van der Waals surface area (Å²) in [7, 11) is 1.99. The summed E-state index contributed by atoms with van der Waals surface area (Å²) in [5.41, 5.74) is 9.53. The monoisotopic (exact) mass is 270 g/mol. The highest BCUT2D eigenvalue weighted by Crippen LogP contribution is 2.34. The number of benzene rings is 1. The molecule has 1 fully saturated rings. The molecule has 1 aromatic carbocycles. The lowest BCUT2D eigenvalue weighted by Gasteiger charge is -2.19. The largest absolute Gasteiger partial charge is 0.394 e. The topological polar surface area (TPSA) is 47.1 Å². The van der Waals surface area contributed by atoms with E-state index < -0.39 is 0 Å². The lowest BCUT2D eigenvalue weighted by atomic mass is 9.99. The highest BCUT2D eigenvalue weighted by Gasteiger charge is 2.28. The van der Waals surface area contributed by atoms with Crippen molar-refractivity contribution in [2.24, 2.45) is 7.05 Å². The van der Waals surface area contributed by atoms with Gasteiger partial charge in [0.05, 0.1) is 11.4 Å². The van der Waals surface area contributed by atoms with E-state index in [4.69, 9.17) is 5.73 Å². The molecule has 3 rings (SSSR count). The Bertz CT molecular complexity index is 588. The summed E-state index contributed by atoms with van der Waals surface area (Å²) in [4.78, 5) is 2.37. The maximum absolute atomic E-state index is 6.25. The first-order chi connectivity index (χ1) is 9.70. The van der Waals surface area contributed by atoms with E-state index >= 15 is 0 Å². The summed E-state index contributed by atoms with van der Waals surface area (Å²) in [5.74, 6) is 1.68. The summed E-state index contributed by atoms with van der Waals surface area (Å²) in [6.07, 6.45) is 2.06. The summed E-state index contributed by atoms with van der Waals surface area (Å²) in [6.45, 7) is 4.17. The van der Waals surface area contributed by atoms with Crippen molar-refractivity contribution in [3.05, 3.63) is 41.6 Å². The normalized spacial score (nSPS) is 18.7. The van der Waals surface area contributed by atoms with E-state index in [0.29, 0.717) is 5.92 Å². The number of nitrogens with zero attached hydrogens (tertiary/aromatic N) is 3. The first-order valence-corrected chi connectivity index (χ1v) is 7.32. The van der Waals surface area contributed by atoms with Crippen LogP contribution in [0.2, 0.25) is 0 Å². The van der Waals surface area contributed by atoms with E-state index in [-0.39, 0.29) is 0 Å². The van der Waals surface area contributed by atoms with Gasteiger partial charge in [-0.05, 0) is 18.4 Å². The third-order valence-electron chi connectivity index (χ3n) is 4.22. The van der Waals surface area contributed by atoms with Gasteiger partial charge >= 0.3 is 0 Å². The summed E-state index contributed by atoms with van der Waals surface area (Å²) in [6, 6.07) is 10.7. The molecule has 1 aliphatic rings. The van der Waals surface area contributed by atoms with Crippen molar-refractivity contribution in [1.82, 2.24) is 9.78 Å². The van der Waals surface area contributed by atoms with Crippen LogP contribution >= 0.6 is 0 Å². The molecule has 2 aromatic rings. The SMILES string of the molecule is CCc1nn(C)c(N2CCC(c3ccccc3)C2)c1N. The maximum atomic E-state index is 6.25. The number of hydrogen-bond donors (Lipinski definition) is 1. The van der Waals surface area contributed by atoms with E-state index in [9.17, 15) is 0 Å². The van der Waals surface area contributed by atoms with Crippen molar-refractivity contribution in [1.29, 1.82) is 0 Å². The Kier molecular flexibility index (Phi) is 3.38. The minimum atomic E-state index is 0.593. The Hall–Kier alpha value is -1.97. The van der Waals surface area contributed by atoms with Crippen molar-refractivity contribution in [2.75, 3.05) is 23.7 Å². The quantitative estimate of drug-likeness (QED) is 0.932. The Morgan fingerprint density at radius 1 is 1.30 bits per heavy atom. The van der Waals surface area contributed by atoms with Gasteiger partial charge in [-0.3, -0.25) is 4.68 Å². The molecule has 1 aliphatic heterocycles. The number of aromatic nitrogens is 2. The van der Waals surface area contributed by atoms with Crippen molar-refractivity contribution >= 4 is 11.5 Å². The van der Waals surface area contributed by atoms with Gasteiger partial charge < -0.3 is 10.6 Å². The minimum absolute atomic E-state index is 0.593. The van der Waals surface area contributed by atoms with Crippen LogP contribution in [0.3, 0.4) is 0 Å². The second-order valence-corrected chi connectivity index (χ2v) is 5.50. The van der Waals surface area contributed by atoms with Crippen LogP contribution in [0.5, 0.6) is 0 Å². The van der Waals surface area contributed by atoms with Crippen LogP contribution in [-0.2, 0) is 13.5 Å². The van der Waals surface area contributed by atoms with Crippen LogP contribution in [0.1, 0.15) is 30.5 Å². The second kappa shape index (κ2) is 5.19. The van der Waals surface area contributed by atoms with Crippen molar-refractivity contribution < 1.29 is 0 Å². The molecule has 0 amide bonds. The van der Waals surface area contributed by atoms with Gasteiger partial charge in [0.2, 0.25) is 0 Å². The van der Waals surface area contributed by atoms with Crippen molar-refractivity contribution in [3.8, 4) is 0 Å². The Morgan fingerprint density at radius 2 is 2.05 bits per heavy atom.